The molecule has 0 fully saturated rings. The predicted octanol–water partition coefficient (Wildman–Crippen LogP) is 4.99. The Morgan fingerprint density at radius 1 is 1.11 bits per heavy atom. The van der Waals surface area contributed by atoms with Crippen LogP contribution in [0.15, 0.2) is 71.3 Å². The zero-order chi connectivity index (χ0) is 18.6. The van der Waals surface area contributed by atoms with Gasteiger partial charge in [0.15, 0.2) is 0 Å². The first-order valence-electron chi connectivity index (χ1n) is 9.41. The SMILES string of the molecule is Cc1ccc(CN(C(=O)NCc2ccco2)C2CCc3ccccc32)cc1. The molecule has 2 aromatic carbocycles. The Balaban J connectivity index is 1.56. The summed E-state index contributed by atoms with van der Waals surface area (Å²) in [6, 6.07) is 20.6. The van der Waals surface area contributed by atoms with E-state index in [4.69, 9.17) is 4.42 Å². The van der Waals surface area contributed by atoms with Crippen molar-refractivity contribution in [3.63, 3.8) is 0 Å². The summed E-state index contributed by atoms with van der Waals surface area (Å²) in [5.74, 6) is 0.755. The second-order valence-electron chi connectivity index (χ2n) is 7.10. The van der Waals surface area contributed by atoms with Gasteiger partial charge in [-0.05, 0) is 48.6 Å². The van der Waals surface area contributed by atoms with Crippen molar-refractivity contribution in [3.8, 4) is 0 Å². The highest BCUT2D eigenvalue weighted by Crippen LogP contribution is 2.36. The Hall–Kier alpha value is -3.01. The molecule has 138 valence electrons. The van der Waals surface area contributed by atoms with Crippen LogP contribution in [0.4, 0.5) is 4.79 Å². The average Bonchev–Trinajstić information content (AvgIpc) is 3.35. The first kappa shape index (κ1) is 17.4. The number of carbonyl (C=O) groups is 1. The van der Waals surface area contributed by atoms with Gasteiger partial charge in [0, 0.05) is 6.54 Å². The molecule has 0 saturated carbocycles. The Kier molecular flexibility index (Phi) is 4.97. The lowest BCUT2D eigenvalue weighted by Gasteiger charge is -2.30. The summed E-state index contributed by atoms with van der Waals surface area (Å²) in [5.41, 5.74) is 4.96. The number of nitrogens with zero attached hydrogens (tertiary/aromatic N) is 1. The second-order valence-corrected chi connectivity index (χ2v) is 7.10. The maximum absolute atomic E-state index is 13.1. The molecule has 4 rings (SSSR count). The fourth-order valence-electron chi connectivity index (χ4n) is 3.75. The number of benzene rings is 2. The lowest BCUT2D eigenvalue weighted by Crippen LogP contribution is -2.41. The highest BCUT2D eigenvalue weighted by atomic mass is 16.3. The largest absolute Gasteiger partial charge is 0.467 e. The molecule has 2 amide bonds. The van der Waals surface area contributed by atoms with Crippen LogP contribution in [0, 0.1) is 6.92 Å². The molecule has 0 radical (unpaired) electrons. The standard InChI is InChI=1S/C23H24N2O2/c1-17-8-10-18(11-9-17)16-25(23(26)24-15-20-6-4-14-27-20)22-13-12-19-5-2-3-7-21(19)22/h2-11,14,22H,12-13,15-16H2,1H3,(H,24,26). The quantitative estimate of drug-likeness (QED) is 0.697. The minimum absolute atomic E-state index is 0.0614. The fraction of sp³-hybridized carbons (Fsp3) is 0.261. The maximum atomic E-state index is 13.1. The van der Waals surface area contributed by atoms with E-state index in [0.29, 0.717) is 13.1 Å². The van der Waals surface area contributed by atoms with Crippen LogP contribution in [0.25, 0.3) is 0 Å². The number of aryl methyl sites for hydroxylation is 2. The van der Waals surface area contributed by atoms with E-state index in [1.807, 2.05) is 17.0 Å². The summed E-state index contributed by atoms with van der Waals surface area (Å²) in [6.07, 6.45) is 3.59. The Labute approximate surface area is 159 Å². The molecule has 0 saturated heterocycles. The Morgan fingerprint density at radius 3 is 2.70 bits per heavy atom. The zero-order valence-corrected chi connectivity index (χ0v) is 15.5. The van der Waals surface area contributed by atoms with E-state index in [0.717, 1.165) is 24.2 Å². The van der Waals surface area contributed by atoms with Crippen LogP contribution in [0.3, 0.4) is 0 Å². The molecule has 4 nitrogen and oxygen atoms in total. The van der Waals surface area contributed by atoms with Gasteiger partial charge in [0.25, 0.3) is 0 Å². The first-order valence-corrected chi connectivity index (χ1v) is 9.41. The number of hydrogen-bond donors (Lipinski definition) is 1. The summed E-state index contributed by atoms with van der Waals surface area (Å²) < 4.78 is 5.34. The summed E-state index contributed by atoms with van der Waals surface area (Å²) in [7, 11) is 0. The summed E-state index contributed by atoms with van der Waals surface area (Å²) in [6.45, 7) is 3.05. The molecule has 4 heteroatoms. The smallest absolute Gasteiger partial charge is 0.318 e. The van der Waals surface area contributed by atoms with E-state index in [1.54, 1.807) is 6.26 Å². The zero-order valence-electron chi connectivity index (χ0n) is 15.5. The molecule has 1 atom stereocenters. The first-order chi connectivity index (χ1) is 13.2. The molecule has 0 bridgehead atoms. The maximum Gasteiger partial charge on any atom is 0.318 e. The lowest BCUT2D eigenvalue weighted by atomic mass is 10.1. The van der Waals surface area contributed by atoms with Gasteiger partial charge in [-0.1, -0.05) is 54.1 Å². The predicted molar refractivity (Wildman–Crippen MR) is 105 cm³/mol. The number of fused-ring (bicyclic) bond motifs is 1. The van der Waals surface area contributed by atoms with Gasteiger partial charge in [0.2, 0.25) is 0 Å². The molecule has 0 spiro atoms. The third-order valence-electron chi connectivity index (χ3n) is 5.21. The van der Waals surface area contributed by atoms with Gasteiger partial charge in [-0.25, -0.2) is 4.79 Å². The van der Waals surface area contributed by atoms with Gasteiger partial charge in [-0.3, -0.25) is 0 Å². The molecule has 3 aromatic rings. The minimum atomic E-state index is -0.0614. The van der Waals surface area contributed by atoms with Crippen LogP contribution in [-0.4, -0.2) is 10.9 Å². The normalized spacial score (nSPS) is 15.4. The number of carbonyl (C=O) groups excluding carboxylic acids is 1. The van der Waals surface area contributed by atoms with Crippen molar-refractivity contribution in [2.45, 2.75) is 38.9 Å². The van der Waals surface area contributed by atoms with Crippen molar-refractivity contribution in [2.24, 2.45) is 0 Å². The lowest BCUT2D eigenvalue weighted by molar-refractivity contribution is 0.169. The van der Waals surface area contributed by atoms with Crippen molar-refractivity contribution in [2.75, 3.05) is 0 Å². The van der Waals surface area contributed by atoms with Crippen molar-refractivity contribution in [1.82, 2.24) is 10.2 Å². The number of furan rings is 1. The molecule has 1 aliphatic carbocycles. The third kappa shape index (κ3) is 3.90. The fourth-order valence-corrected chi connectivity index (χ4v) is 3.75. The van der Waals surface area contributed by atoms with Gasteiger partial charge >= 0.3 is 6.03 Å². The van der Waals surface area contributed by atoms with Crippen LogP contribution < -0.4 is 5.32 Å². The van der Waals surface area contributed by atoms with Crippen LogP contribution in [0.1, 0.15) is 40.5 Å². The molecule has 27 heavy (non-hydrogen) atoms. The van der Waals surface area contributed by atoms with E-state index in [2.05, 4.69) is 60.8 Å². The van der Waals surface area contributed by atoms with Crippen molar-refractivity contribution in [1.29, 1.82) is 0 Å². The molecule has 0 aliphatic heterocycles. The van der Waals surface area contributed by atoms with Crippen LogP contribution >= 0.6 is 0 Å². The topological polar surface area (TPSA) is 45.5 Å². The minimum Gasteiger partial charge on any atom is -0.467 e. The van der Waals surface area contributed by atoms with Crippen LogP contribution in [-0.2, 0) is 19.5 Å². The van der Waals surface area contributed by atoms with Crippen LogP contribution in [0.2, 0.25) is 0 Å². The molecule has 1 N–H and O–H groups in total. The number of nitrogens with one attached hydrogen (secondary N) is 1. The summed E-state index contributed by atoms with van der Waals surface area (Å²) in [4.78, 5) is 15.0. The highest BCUT2D eigenvalue weighted by Gasteiger charge is 2.31. The van der Waals surface area contributed by atoms with Gasteiger partial charge in [-0.15, -0.1) is 0 Å². The average molecular weight is 360 g/mol. The van der Waals surface area contributed by atoms with Crippen molar-refractivity contribution < 1.29 is 9.21 Å². The van der Waals surface area contributed by atoms with Crippen molar-refractivity contribution >= 4 is 6.03 Å². The second kappa shape index (κ2) is 7.70. The third-order valence-corrected chi connectivity index (χ3v) is 5.21. The van der Waals surface area contributed by atoms with E-state index in [-0.39, 0.29) is 12.1 Å². The van der Waals surface area contributed by atoms with E-state index < -0.39 is 0 Å². The monoisotopic (exact) mass is 360 g/mol. The van der Waals surface area contributed by atoms with Gasteiger partial charge in [0.1, 0.15) is 5.76 Å². The van der Waals surface area contributed by atoms with Gasteiger partial charge in [0.05, 0.1) is 18.8 Å². The van der Waals surface area contributed by atoms with Gasteiger partial charge in [-0.2, -0.15) is 0 Å². The Morgan fingerprint density at radius 2 is 1.93 bits per heavy atom. The van der Waals surface area contributed by atoms with E-state index >= 15 is 0 Å². The highest BCUT2D eigenvalue weighted by molar-refractivity contribution is 5.75. The molecular weight excluding hydrogens is 336 g/mol. The number of amides is 2. The molecule has 1 aliphatic rings. The molecule has 1 heterocycles. The number of rotatable bonds is 5. The van der Waals surface area contributed by atoms with Crippen molar-refractivity contribution in [3.05, 3.63) is 94.9 Å². The molecular formula is C23H24N2O2. The summed E-state index contributed by atoms with van der Waals surface area (Å²) in [5, 5.41) is 3.02. The molecule has 1 aromatic heterocycles. The Bertz CT molecular complexity index is 900. The number of urea groups is 1. The molecule has 1 unspecified atom stereocenters. The van der Waals surface area contributed by atoms with E-state index in [1.165, 1.54) is 16.7 Å². The number of hydrogen-bond acceptors (Lipinski definition) is 2. The van der Waals surface area contributed by atoms with Gasteiger partial charge < -0.3 is 14.6 Å². The van der Waals surface area contributed by atoms with E-state index in [9.17, 15) is 4.79 Å². The van der Waals surface area contributed by atoms with Crippen LogP contribution in [0.5, 0.6) is 0 Å². The summed E-state index contributed by atoms with van der Waals surface area (Å²) >= 11 is 0.